The number of benzene rings is 8. The zero-order chi connectivity index (χ0) is 38.0. The summed E-state index contributed by atoms with van der Waals surface area (Å²) in [5.74, 6) is 0.373. The highest BCUT2D eigenvalue weighted by Gasteiger charge is 2.43. The molecule has 1 nitrogen and oxygen atoms in total. The fraction of sp³-hybridized carbons (Fsp3) is 0.164. The molecule has 0 bridgehead atoms. The van der Waals surface area contributed by atoms with Crippen molar-refractivity contribution < 1.29 is 0 Å². The highest BCUT2D eigenvalue weighted by atomic mass is 15.1. The lowest BCUT2D eigenvalue weighted by molar-refractivity contribution is 0.649. The van der Waals surface area contributed by atoms with E-state index in [1.165, 1.54) is 77.7 Å². The highest BCUT2D eigenvalue weighted by Crippen LogP contribution is 2.58. The minimum atomic E-state index is -0.169. The molecule has 56 heavy (non-hydrogen) atoms. The van der Waals surface area contributed by atoms with Crippen LogP contribution in [0, 0.1) is 0 Å². The molecule has 0 fully saturated rings. The van der Waals surface area contributed by atoms with Crippen LogP contribution in [-0.4, -0.2) is 0 Å². The Labute approximate surface area is 331 Å². The van der Waals surface area contributed by atoms with Crippen LogP contribution < -0.4 is 4.90 Å². The predicted octanol–water partition coefficient (Wildman–Crippen LogP) is 14.5. The molecule has 272 valence electrons. The largest absolute Gasteiger partial charge is 0.310 e. The van der Waals surface area contributed by atoms with Crippen LogP contribution in [-0.2, 0) is 23.7 Å². The molecule has 0 aromatic heterocycles. The summed E-state index contributed by atoms with van der Waals surface area (Å²) in [4.78, 5) is 2.38. The van der Waals surface area contributed by atoms with Crippen LogP contribution >= 0.6 is 0 Å². The normalized spacial score (nSPS) is 14.8. The van der Waals surface area contributed by atoms with Crippen LogP contribution in [0.25, 0.3) is 33.0 Å². The fourth-order valence-electron chi connectivity index (χ4n) is 9.98. The Hall–Kier alpha value is -6.18. The van der Waals surface area contributed by atoms with Gasteiger partial charge in [-0.3, -0.25) is 0 Å². The second-order valence-electron chi connectivity index (χ2n) is 16.9. The number of hydrogen-bond donors (Lipinski definition) is 0. The van der Waals surface area contributed by atoms with Gasteiger partial charge in [-0.05, 0) is 139 Å². The van der Waals surface area contributed by atoms with Crippen LogP contribution in [0.1, 0.15) is 72.6 Å². The second kappa shape index (κ2) is 13.2. The van der Waals surface area contributed by atoms with Crippen molar-refractivity contribution in [3.63, 3.8) is 0 Å². The van der Waals surface area contributed by atoms with E-state index in [0.717, 1.165) is 24.2 Å². The average molecular weight is 722 g/mol. The molecule has 0 N–H and O–H groups in total. The van der Waals surface area contributed by atoms with E-state index in [1.807, 2.05) is 0 Å². The molecule has 0 unspecified atom stereocenters. The molecule has 1 atom stereocenters. The number of nitrogens with zero attached hydrogens (tertiary/aromatic N) is 1. The first-order valence-electron chi connectivity index (χ1n) is 20.2. The Balaban J connectivity index is 1.09. The summed E-state index contributed by atoms with van der Waals surface area (Å²) >= 11 is 0. The molecule has 0 spiro atoms. The lowest BCUT2D eigenvalue weighted by Crippen LogP contribution is -2.18. The third-order valence-corrected chi connectivity index (χ3v) is 12.9. The first-order valence-corrected chi connectivity index (χ1v) is 20.2. The monoisotopic (exact) mass is 721 g/mol. The smallest absolute Gasteiger partial charge is 0.0465 e. The molecule has 10 rings (SSSR count). The number of para-hydroxylation sites is 2. The van der Waals surface area contributed by atoms with Crippen molar-refractivity contribution in [3.05, 3.63) is 221 Å². The first kappa shape index (κ1) is 34.3. The first-order chi connectivity index (χ1) is 27.3. The van der Waals surface area contributed by atoms with E-state index in [2.05, 4.69) is 215 Å². The SMILES string of the molecule is CC1(C)c2cc(N(c3ccccc3)c3ccccc3)ccc2-c2cc3c(cc21)-c1c(cc(C[C@@H](Cc2ccccc2)c2ccccc2)c2ccccc12)C3(C)C. The fourth-order valence-corrected chi connectivity index (χ4v) is 9.98. The van der Waals surface area contributed by atoms with Crippen LogP contribution in [0.3, 0.4) is 0 Å². The van der Waals surface area contributed by atoms with E-state index in [4.69, 9.17) is 0 Å². The predicted molar refractivity (Wildman–Crippen MR) is 237 cm³/mol. The molecular formula is C55H47N. The summed E-state index contributed by atoms with van der Waals surface area (Å²) in [5, 5.41) is 2.74. The molecule has 1 heteroatoms. The summed E-state index contributed by atoms with van der Waals surface area (Å²) < 4.78 is 0. The molecule has 0 saturated heterocycles. The summed E-state index contributed by atoms with van der Waals surface area (Å²) in [7, 11) is 0. The zero-order valence-electron chi connectivity index (χ0n) is 32.8. The van der Waals surface area contributed by atoms with Crippen LogP contribution in [0.15, 0.2) is 182 Å². The van der Waals surface area contributed by atoms with Gasteiger partial charge in [-0.1, -0.05) is 161 Å². The maximum absolute atomic E-state index is 2.58. The molecule has 2 aliphatic rings. The summed E-state index contributed by atoms with van der Waals surface area (Å²) in [6.07, 6.45) is 2.00. The minimum Gasteiger partial charge on any atom is -0.310 e. The van der Waals surface area contributed by atoms with Crippen molar-refractivity contribution in [2.45, 2.75) is 57.3 Å². The Morgan fingerprint density at radius 2 is 0.929 bits per heavy atom. The van der Waals surface area contributed by atoms with Gasteiger partial charge in [0.2, 0.25) is 0 Å². The number of rotatable bonds is 8. The average Bonchev–Trinajstić information content (AvgIpc) is 3.60. The van der Waals surface area contributed by atoms with E-state index < -0.39 is 0 Å². The molecular weight excluding hydrogens is 675 g/mol. The summed E-state index contributed by atoms with van der Waals surface area (Å²) in [6.45, 7) is 9.73. The van der Waals surface area contributed by atoms with Gasteiger partial charge in [0, 0.05) is 27.9 Å². The topological polar surface area (TPSA) is 3.24 Å². The van der Waals surface area contributed by atoms with Gasteiger partial charge in [0.25, 0.3) is 0 Å². The zero-order valence-corrected chi connectivity index (χ0v) is 32.8. The Morgan fingerprint density at radius 3 is 1.59 bits per heavy atom. The molecule has 8 aromatic carbocycles. The molecule has 8 aromatic rings. The van der Waals surface area contributed by atoms with E-state index in [9.17, 15) is 0 Å². The van der Waals surface area contributed by atoms with Crippen LogP contribution in [0.2, 0.25) is 0 Å². The van der Waals surface area contributed by atoms with Gasteiger partial charge in [0.1, 0.15) is 0 Å². The number of anilines is 3. The van der Waals surface area contributed by atoms with E-state index in [0.29, 0.717) is 5.92 Å². The Kier molecular flexibility index (Phi) is 8.12. The van der Waals surface area contributed by atoms with E-state index in [1.54, 1.807) is 0 Å². The highest BCUT2D eigenvalue weighted by molar-refractivity contribution is 6.05. The van der Waals surface area contributed by atoms with E-state index >= 15 is 0 Å². The number of hydrogen-bond acceptors (Lipinski definition) is 1. The Morgan fingerprint density at radius 1 is 0.411 bits per heavy atom. The van der Waals surface area contributed by atoms with Crippen molar-refractivity contribution in [3.8, 4) is 22.3 Å². The molecule has 0 aliphatic heterocycles. The van der Waals surface area contributed by atoms with Crippen molar-refractivity contribution in [2.24, 2.45) is 0 Å². The van der Waals surface area contributed by atoms with Gasteiger partial charge >= 0.3 is 0 Å². The van der Waals surface area contributed by atoms with Crippen molar-refractivity contribution >= 4 is 27.8 Å². The van der Waals surface area contributed by atoms with Gasteiger partial charge in [-0.2, -0.15) is 0 Å². The Bertz CT molecular complexity index is 2690. The van der Waals surface area contributed by atoms with Gasteiger partial charge < -0.3 is 4.90 Å². The van der Waals surface area contributed by atoms with Gasteiger partial charge in [-0.15, -0.1) is 0 Å². The van der Waals surface area contributed by atoms with Gasteiger partial charge in [0.05, 0.1) is 0 Å². The summed E-state index contributed by atoms with van der Waals surface area (Å²) in [5.41, 5.74) is 18.6. The number of fused-ring (bicyclic) bond motifs is 8. The maximum atomic E-state index is 2.58. The van der Waals surface area contributed by atoms with Gasteiger partial charge in [-0.25, -0.2) is 0 Å². The minimum absolute atomic E-state index is 0.148. The summed E-state index contributed by atoms with van der Waals surface area (Å²) in [6, 6.07) is 67.7. The van der Waals surface area contributed by atoms with Crippen molar-refractivity contribution in [1.82, 2.24) is 0 Å². The van der Waals surface area contributed by atoms with Crippen LogP contribution in [0.5, 0.6) is 0 Å². The van der Waals surface area contributed by atoms with Crippen molar-refractivity contribution in [1.29, 1.82) is 0 Å². The third-order valence-electron chi connectivity index (χ3n) is 12.9. The second-order valence-corrected chi connectivity index (χ2v) is 16.9. The third kappa shape index (κ3) is 5.52. The molecule has 0 heterocycles. The standard InChI is InChI=1S/C55H47N/c1-54(2)49-34-43(56(41-23-13-7-14-24-41)42-25-15-8-16-26-42)29-30-45(49)47-35-51-48(36-50(47)54)53-46-28-18-17-27-44(46)40(33-52(53)55(51,3)4)32-39(38-21-11-6-12-22-38)31-37-19-9-5-10-20-37/h5-30,33-36,39H,31-32H2,1-4H3/t39-/m1/s1. The molecule has 0 saturated carbocycles. The molecule has 0 amide bonds. The molecule has 0 radical (unpaired) electrons. The van der Waals surface area contributed by atoms with Gasteiger partial charge in [0.15, 0.2) is 0 Å². The van der Waals surface area contributed by atoms with Crippen molar-refractivity contribution in [2.75, 3.05) is 4.90 Å². The quantitative estimate of drug-likeness (QED) is 0.151. The lowest BCUT2D eigenvalue weighted by Gasteiger charge is -2.28. The van der Waals surface area contributed by atoms with Crippen LogP contribution in [0.4, 0.5) is 17.1 Å². The lowest BCUT2D eigenvalue weighted by atomic mass is 9.78. The van der Waals surface area contributed by atoms with E-state index in [-0.39, 0.29) is 10.8 Å². The maximum Gasteiger partial charge on any atom is 0.0465 e. The molecule has 2 aliphatic carbocycles.